The molecule has 2 N–H and O–H groups in total. The van der Waals surface area contributed by atoms with Gasteiger partial charge in [-0.2, -0.15) is 4.31 Å². The maximum absolute atomic E-state index is 12.6. The molecule has 0 aliphatic carbocycles. The van der Waals surface area contributed by atoms with Crippen LogP contribution in [0.25, 0.3) is 0 Å². The Morgan fingerprint density at radius 2 is 1.90 bits per heavy atom. The SMILES string of the molecule is CCCN(CCO)S(=O)(=O)c1ccccc1C#CCO. The molecule has 1 aromatic carbocycles. The summed E-state index contributed by atoms with van der Waals surface area (Å²) in [6, 6.07) is 6.39. The van der Waals surface area contributed by atoms with Gasteiger partial charge < -0.3 is 10.2 Å². The molecule has 0 bridgehead atoms. The highest BCUT2D eigenvalue weighted by atomic mass is 32.2. The van der Waals surface area contributed by atoms with Crippen LogP contribution in [0.15, 0.2) is 29.2 Å². The Morgan fingerprint density at radius 3 is 2.50 bits per heavy atom. The molecule has 5 nitrogen and oxygen atoms in total. The zero-order chi connectivity index (χ0) is 15.0. The molecule has 0 radical (unpaired) electrons. The predicted octanol–water partition coefficient (Wildman–Crippen LogP) is 0.423. The molecule has 0 saturated heterocycles. The first-order chi connectivity index (χ1) is 9.57. The fraction of sp³-hybridized carbons (Fsp3) is 0.429. The quantitative estimate of drug-likeness (QED) is 0.746. The van der Waals surface area contributed by atoms with E-state index < -0.39 is 10.0 Å². The van der Waals surface area contributed by atoms with E-state index in [0.29, 0.717) is 18.5 Å². The standard InChI is InChI=1S/C14H19NO4S/c1-2-9-15(10-12-17)20(18,19)14-8-4-3-6-13(14)7-5-11-16/h3-4,6,8,16-17H,2,9-12H2,1H3. The van der Waals surface area contributed by atoms with Gasteiger partial charge in [0.15, 0.2) is 0 Å². The van der Waals surface area contributed by atoms with Gasteiger partial charge in [-0.1, -0.05) is 30.9 Å². The van der Waals surface area contributed by atoms with Crippen molar-refractivity contribution in [3.8, 4) is 11.8 Å². The number of hydrogen-bond acceptors (Lipinski definition) is 4. The van der Waals surface area contributed by atoms with Crippen LogP contribution in [0.4, 0.5) is 0 Å². The molecule has 0 fully saturated rings. The van der Waals surface area contributed by atoms with Gasteiger partial charge in [-0.25, -0.2) is 8.42 Å². The summed E-state index contributed by atoms with van der Waals surface area (Å²) in [5, 5.41) is 17.7. The topological polar surface area (TPSA) is 77.8 Å². The molecule has 6 heteroatoms. The van der Waals surface area contributed by atoms with Crippen molar-refractivity contribution in [3.05, 3.63) is 29.8 Å². The minimum absolute atomic E-state index is 0.0535. The van der Waals surface area contributed by atoms with Crippen LogP contribution in [0.5, 0.6) is 0 Å². The molecule has 0 spiro atoms. The molecule has 110 valence electrons. The number of sulfonamides is 1. The molecular weight excluding hydrogens is 278 g/mol. The monoisotopic (exact) mass is 297 g/mol. The summed E-state index contributed by atoms with van der Waals surface area (Å²) < 4.78 is 26.4. The van der Waals surface area contributed by atoms with Crippen molar-refractivity contribution in [2.45, 2.75) is 18.2 Å². The van der Waals surface area contributed by atoms with E-state index >= 15 is 0 Å². The Labute approximate surface area is 119 Å². The summed E-state index contributed by atoms with van der Waals surface area (Å²) in [5.74, 6) is 5.09. The summed E-state index contributed by atoms with van der Waals surface area (Å²) in [6.07, 6.45) is 0.656. The van der Waals surface area contributed by atoms with Crippen LogP contribution in [0.1, 0.15) is 18.9 Å². The highest BCUT2D eigenvalue weighted by Gasteiger charge is 2.25. The zero-order valence-electron chi connectivity index (χ0n) is 11.4. The Hall–Kier alpha value is -1.39. The number of rotatable bonds is 6. The highest BCUT2D eigenvalue weighted by Crippen LogP contribution is 2.19. The van der Waals surface area contributed by atoms with Gasteiger partial charge in [0.2, 0.25) is 10.0 Å². The Morgan fingerprint density at radius 1 is 1.20 bits per heavy atom. The number of hydrogen-bond donors (Lipinski definition) is 2. The van der Waals surface area contributed by atoms with Gasteiger partial charge >= 0.3 is 0 Å². The molecule has 0 unspecified atom stereocenters. The fourth-order valence-corrected chi connectivity index (χ4v) is 3.45. The van der Waals surface area contributed by atoms with Crippen molar-refractivity contribution in [1.29, 1.82) is 0 Å². The van der Waals surface area contributed by atoms with Gasteiger partial charge in [0.05, 0.1) is 11.5 Å². The average molecular weight is 297 g/mol. The molecule has 0 aliphatic rings. The lowest BCUT2D eigenvalue weighted by molar-refractivity contribution is 0.253. The smallest absolute Gasteiger partial charge is 0.244 e. The van der Waals surface area contributed by atoms with Crippen molar-refractivity contribution in [1.82, 2.24) is 4.31 Å². The first-order valence-electron chi connectivity index (χ1n) is 6.37. The molecule has 0 atom stereocenters. The lowest BCUT2D eigenvalue weighted by Crippen LogP contribution is -2.34. The minimum atomic E-state index is -3.70. The van der Waals surface area contributed by atoms with Gasteiger partial charge in [-0.05, 0) is 18.6 Å². The molecule has 0 aliphatic heterocycles. The number of benzene rings is 1. The summed E-state index contributed by atoms with van der Waals surface area (Å²) in [4.78, 5) is 0.0999. The number of aliphatic hydroxyl groups excluding tert-OH is 2. The molecule has 0 aromatic heterocycles. The van der Waals surface area contributed by atoms with E-state index in [9.17, 15) is 8.42 Å². The van der Waals surface area contributed by atoms with E-state index in [-0.39, 0.29) is 24.7 Å². The lowest BCUT2D eigenvalue weighted by Gasteiger charge is -2.21. The van der Waals surface area contributed by atoms with Crippen LogP contribution >= 0.6 is 0 Å². The van der Waals surface area contributed by atoms with Crippen molar-refractivity contribution in [2.24, 2.45) is 0 Å². The fourth-order valence-electron chi connectivity index (χ4n) is 1.78. The highest BCUT2D eigenvalue weighted by molar-refractivity contribution is 7.89. The predicted molar refractivity (Wildman–Crippen MR) is 76.5 cm³/mol. The first-order valence-corrected chi connectivity index (χ1v) is 7.81. The number of aliphatic hydroxyl groups is 2. The van der Waals surface area contributed by atoms with Crippen LogP contribution < -0.4 is 0 Å². The third-order valence-corrected chi connectivity index (χ3v) is 4.59. The van der Waals surface area contributed by atoms with E-state index in [0.717, 1.165) is 0 Å². The third kappa shape index (κ3) is 4.05. The van der Waals surface area contributed by atoms with Gasteiger partial charge in [0.25, 0.3) is 0 Å². The maximum Gasteiger partial charge on any atom is 0.244 e. The summed E-state index contributed by atoms with van der Waals surface area (Å²) in [6.45, 7) is 1.70. The summed E-state index contributed by atoms with van der Waals surface area (Å²) in [5.41, 5.74) is 0.348. The Bertz CT molecular complexity index is 581. The van der Waals surface area contributed by atoms with E-state index in [1.165, 1.54) is 10.4 Å². The van der Waals surface area contributed by atoms with Crippen LogP contribution in [0.2, 0.25) is 0 Å². The molecule has 1 aromatic rings. The van der Waals surface area contributed by atoms with Crippen LogP contribution in [-0.2, 0) is 10.0 Å². The maximum atomic E-state index is 12.6. The van der Waals surface area contributed by atoms with Crippen molar-refractivity contribution in [3.63, 3.8) is 0 Å². The van der Waals surface area contributed by atoms with Crippen molar-refractivity contribution >= 4 is 10.0 Å². The Balaban J connectivity index is 3.26. The second-order valence-electron chi connectivity index (χ2n) is 4.08. The largest absolute Gasteiger partial charge is 0.395 e. The third-order valence-electron chi connectivity index (χ3n) is 2.63. The Kier molecular flexibility index (Phi) is 6.68. The normalized spacial score (nSPS) is 11.2. The van der Waals surface area contributed by atoms with E-state index in [2.05, 4.69) is 11.8 Å². The molecule has 1 rings (SSSR count). The second-order valence-corrected chi connectivity index (χ2v) is 5.99. The van der Waals surface area contributed by atoms with Crippen LogP contribution in [-0.4, -0.2) is 49.2 Å². The van der Waals surface area contributed by atoms with Crippen molar-refractivity contribution < 1.29 is 18.6 Å². The van der Waals surface area contributed by atoms with Crippen molar-refractivity contribution in [2.75, 3.05) is 26.3 Å². The molecule has 0 heterocycles. The first kappa shape index (κ1) is 16.7. The van der Waals surface area contributed by atoms with E-state index in [1.807, 2.05) is 6.92 Å². The van der Waals surface area contributed by atoms with Crippen LogP contribution in [0.3, 0.4) is 0 Å². The molecule has 0 amide bonds. The number of nitrogens with zero attached hydrogens (tertiary/aromatic N) is 1. The second kappa shape index (κ2) is 8.02. The lowest BCUT2D eigenvalue weighted by atomic mass is 10.2. The van der Waals surface area contributed by atoms with Gasteiger partial charge in [-0.15, -0.1) is 0 Å². The molecule has 0 saturated carbocycles. The van der Waals surface area contributed by atoms with Gasteiger partial charge in [0, 0.05) is 18.7 Å². The van der Waals surface area contributed by atoms with Crippen LogP contribution in [0, 0.1) is 11.8 Å². The molecular formula is C14H19NO4S. The minimum Gasteiger partial charge on any atom is -0.395 e. The molecule has 20 heavy (non-hydrogen) atoms. The average Bonchev–Trinajstić information content (AvgIpc) is 2.45. The van der Waals surface area contributed by atoms with E-state index in [4.69, 9.17) is 10.2 Å². The summed E-state index contributed by atoms with van der Waals surface area (Å²) >= 11 is 0. The summed E-state index contributed by atoms with van der Waals surface area (Å²) in [7, 11) is -3.70. The van der Waals surface area contributed by atoms with Gasteiger partial charge in [-0.3, -0.25) is 0 Å². The van der Waals surface area contributed by atoms with Gasteiger partial charge in [0.1, 0.15) is 6.61 Å². The van der Waals surface area contributed by atoms with E-state index in [1.54, 1.807) is 18.2 Å². The zero-order valence-corrected chi connectivity index (χ0v) is 12.2.